The number of rotatable bonds is 5. The SMILES string of the molecule is CNC(Cc1ccccn1)c1c(F)cccc1OC. The molecule has 1 aromatic carbocycles. The summed E-state index contributed by atoms with van der Waals surface area (Å²) in [6.07, 6.45) is 2.34. The quantitative estimate of drug-likeness (QED) is 0.897. The van der Waals surface area contributed by atoms with Gasteiger partial charge in [0.15, 0.2) is 0 Å². The third-order valence-corrected chi connectivity index (χ3v) is 3.07. The van der Waals surface area contributed by atoms with Crippen molar-refractivity contribution in [3.63, 3.8) is 0 Å². The van der Waals surface area contributed by atoms with Gasteiger partial charge in [-0.1, -0.05) is 12.1 Å². The highest BCUT2D eigenvalue weighted by Gasteiger charge is 2.19. The summed E-state index contributed by atoms with van der Waals surface area (Å²) in [5, 5.41) is 3.12. The minimum atomic E-state index is -0.269. The molecule has 1 N–H and O–H groups in total. The fourth-order valence-electron chi connectivity index (χ4n) is 2.11. The van der Waals surface area contributed by atoms with E-state index in [9.17, 15) is 4.39 Å². The molecule has 0 aliphatic rings. The summed E-state index contributed by atoms with van der Waals surface area (Å²) < 4.78 is 19.3. The van der Waals surface area contributed by atoms with E-state index >= 15 is 0 Å². The second-order valence-electron chi connectivity index (χ2n) is 4.22. The second-order valence-corrected chi connectivity index (χ2v) is 4.22. The number of likely N-dealkylation sites (N-methyl/N-ethyl adjacent to an activating group) is 1. The third-order valence-electron chi connectivity index (χ3n) is 3.07. The van der Waals surface area contributed by atoms with Crippen LogP contribution in [0.5, 0.6) is 5.75 Å². The smallest absolute Gasteiger partial charge is 0.131 e. The molecule has 1 atom stereocenters. The first-order valence-electron chi connectivity index (χ1n) is 6.16. The predicted molar refractivity (Wildman–Crippen MR) is 72.7 cm³/mol. The van der Waals surface area contributed by atoms with Gasteiger partial charge in [0.05, 0.1) is 7.11 Å². The minimum Gasteiger partial charge on any atom is -0.496 e. The number of ether oxygens (including phenoxy) is 1. The lowest BCUT2D eigenvalue weighted by Crippen LogP contribution is -2.21. The van der Waals surface area contributed by atoms with Gasteiger partial charge in [-0.05, 0) is 31.3 Å². The van der Waals surface area contributed by atoms with E-state index < -0.39 is 0 Å². The van der Waals surface area contributed by atoms with Gasteiger partial charge in [0.2, 0.25) is 0 Å². The molecule has 0 saturated heterocycles. The molecule has 0 fully saturated rings. The van der Waals surface area contributed by atoms with E-state index in [1.54, 1.807) is 32.5 Å². The van der Waals surface area contributed by atoms with Crippen molar-refractivity contribution in [3.8, 4) is 5.75 Å². The zero-order valence-electron chi connectivity index (χ0n) is 11.1. The summed E-state index contributed by atoms with van der Waals surface area (Å²) in [7, 11) is 3.35. The predicted octanol–water partition coefficient (Wildman–Crippen LogP) is 2.73. The first-order chi connectivity index (χ1) is 9.26. The van der Waals surface area contributed by atoms with Crippen molar-refractivity contribution in [2.45, 2.75) is 12.5 Å². The molecule has 100 valence electrons. The van der Waals surface area contributed by atoms with Crippen molar-refractivity contribution in [2.24, 2.45) is 0 Å². The maximum Gasteiger partial charge on any atom is 0.131 e. The van der Waals surface area contributed by atoms with Crippen LogP contribution < -0.4 is 10.1 Å². The lowest BCUT2D eigenvalue weighted by Gasteiger charge is -2.19. The lowest BCUT2D eigenvalue weighted by atomic mass is 10.00. The average Bonchev–Trinajstić information content (AvgIpc) is 2.46. The first-order valence-corrected chi connectivity index (χ1v) is 6.16. The maximum absolute atomic E-state index is 14.0. The average molecular weight is 260 g/mol. The van der Waals surface area contributed by atoms with Crippen molar-refractivity contribution in [1.29, 1.82) is 0 Å². The van der Waals surface area contributed by atoms with Gasteiger partial charge in [-0.25, -0.2) is 4.39 Å². The van der Waals surface area contributed by atoms with E-state index in [-0.39, 0.29) is 11.9 Å². The van der Waals surface area contributed by atoms with E-state index in [0.717, 1.165) is 5.69 Å². The van der Waals surface area contributed by atoms with Crippen LogP contribution in [0, 0.1) is 5.82 Å². The van der Waals surface area contributed by atoms with Gasteiger partial charge in [-0.2, -0.15) is 0 Å². The molecule has 3 nitrogen and oxygen atoms in total. The Morgan fingerprint density at radius 2 is 2.11 bits per heavy atom. The number of halogens is 1. The van der Waals surface area contributed by atoms with Crippen LogP contribution in [-0.4, -0.2) is 19.1 Å². The number of aromatic nitrogens is 1. The molecule has 0 aliphatic carbocycles. The number of methoxy groups -OCH3 is 1. The van der Waals surface area contributed by atoms with Crippen LogP contribution in [0.3, 0.4) is 0 Å². The van der Waals surface area contributed by atoms with E-state index in [4.69, 9.17) is 4.74 Å². The van der Waals surface area contributed by atoms with E-state index in [1.807, 2.05) is 18.2 Å². The van der Waals surface area contributed by atoms with E-state index in [1.165, 1.54) is 6.07 Å². The Kier molecular flexibility index (Phi) is 4.47. The molecule has 2 rings (SSSR count). The van der Waals surface area contributed by atoms with Crippen LogP contribution in [-0.2, 0) is 6.42 Å². The molecule has 1 unspecified atom stereocenters. The standard InChI is InChI=1S/C15H17FN2O/c1-17-13(10-11-6-3-4-9-18-11)15-12(16)7-5-8-14(15)19-2/h3-9,13,17H,10H2,1-2H3. The summed E-state index contributed by atoms with van der Waals surface area (Å²) >= 11 is 0. The normalized spacial score (nSPS) is 12.2. The minimum absolute atomic E-state index is 0.175. The summed E-state index contributed by atoms with van der Waals surface area (Å²) in [6.45, 7) is 0. The molecule has 19 heavy (non-hydrogen) atoms. The number of pyridine rings is 1. The monoisotopic (exact) mass is 260 g/mol. The highest BCUT2D eigenvalue weighted by atomic mass is 19.1. The fourth-order valence-corrected chi connectivity index (χ4v) is 2.11. The van der Waals surface area contributed by atoms with Crippen LogP contribution >= 0.6 is 0 Å². The zero-order chi connectivity index (χ0) is 13.7. The molecular formula is C15H17FN2O. The lowest BCUT2D eigenvalue weighted by molar-refractivity contribution is 0.392. The van der Waals surface area contributed by atoms with Crippen LogP contribution in [0.25, 0.3) is 0 Å². The van der Waals surface area contributed by atoms with Gasteiger partial charge in [0.1, 0.15) is 11.6 Å². The summed E-state index contributed by atoms with van der Waals surface area (Å²) in [5.74, 6) is 0.282. The molecular weight excluding hydrogens is 243 g/mol. The largest absolute Gasteiger partial charge is 0.496 e. The maximum atomic E-state index is 14.0. The second kappa shape index (κ2) is 6.29. The fraction of sp³-hybridized carbons (Fsp3) is 0.267. The molecule has 2 aromatic rings. The van der Waals surface area contributed by atoms with Crippen molar-refractivity contribution < 1.29 is 9.13 Å². The van der Waals surface area contributed by atoms with Gasteiger partial charge in [0.25, 0.3) is 0 Å². The Morgan fingerprint density at radius 3 is 2.74 bits per heavy atom. The van der Waals surface area contributed by atoms with Crippen molar-refractivity contribution in [2.75, 3.05) is 14.2 Å². The summed E-state index contributed by atoms with van der Waals surface area (Å²) in [6, 6.07) is 10.4. The molecule has 1 aromatic heterocycles. The molecule has 0 amide bonds. The van der Waals surface area contributed by atoms with Crippen molar-refractivity contribution in [1.82, 2.24) is 10.3 Å². The van der Waals surface area contributed by atoms with Gasteiger partial charge in [0, 0.05) is 29.9 Å². The Hall–Kier alpha value is -1.94. The Balaban J connectivity index is 2.32. The van der Waals surface area contributed by atoms with Crippen LogP contribution in [0.1, 0.15) is 17.3 Å². The number of hydrogen-bond donors (Lipinski definition) is 1. The summed E-state index contributed by atoms with van der Waals surface area (Å²) in [4.78, 5) is 4.27. The molecule has 0 spiro atoms. The van der Waals surface area contributed by atoms with Gasteiger partial charge in [-0.3, -0.25) is 4.98 Å². The molecule has 4 heteroatoms. The first kappa shape index (κ1) is 13.5. The molecule has 1 heterocycles. The van der Waals surface area contributed by atoms with E-state index in [0.29, 0.717) is 17.7 Å². The van der Waals surface area contributed by atoms with Crippen molar-refractivity contribution in [3.05, 3.63) is 59.7 Å². The highest BCUT2D eigenvalue weighted by Crippen LogP contribution is 2.29. The number of hydrogen-bond acceptors (Lipinski definition) is 3. The number of nitrogens with one attached hydrogen (secondary N) is 1. The molecule has 0 aliphatic heterocycles. The van der Waals surface area contributed by atoms with Crippen LogP contribution in [0.15, 0.2) is 42.6 Å². The Morgan fingerprint density at radius 1 is 1.26 bits per heavy atom. The summed E-state index contributed by atoms with van der Waals surface area (Å²) in [5.41, 5.74) is 1.45. The van der Waals surface area contributed by atoms with Crippen LogP contribution in [0.4, 0.5) is 4.39 Å². The molecule has 0 bridgehead atoms. The zero-order valence-corrected chi connectivity index (χ0v) is 11.1. The van der Waals surface area contributed by atoms with Gasteiger partial charge in [-0.15, -0.1) is 0 Å². The Bertz CT molecular complexity index is 531. The topological polar surface area (TPSA) is 34.2 Å². The molecule has 0 saturated carbocycles. The van der Waals surface area contributed by atoms with Crippen molar-refractivity contribution >= 4 is 0 Å². The van der Waals surface area contributed by atoms with Crippen LogP contribution in [0.2, 0.25) is 0 Å². The Labute approximate surface area is 112 Å². The van der Waals surface area contributed by atoms with E-state index in [2.05, 4.69) is 10.3 Å². The third kappa shape index (κ3) is 3.09. The van der Waals surface area contributed by atoms with Gasteiger partial charge < -0.3 is 10.1 Å². The molecule has 0 radical (unpaired) electrons. The van der Waals surface area contributed by atoms with Gasteiger partial charge >= 0.3 is 0 Å². The number of benzene rings is 1. The number of nitrogens with zero attached hydrogens (tertiary/aromatic N) is 1. The highest BCUT2D eigenvalue weighted by molar-refractivity contribution is 5.37.